The monoisotopic (exact) mass is 521 g/mol. The molecule has 202 valence electrons. The minimum absolute atomic E-state index is 0.0346. The fourth-order valence-corrected chi connectivity index (χ4v) is 5.48. The van der Waals surface area contributed by atoms with Crippen LogP contribution in [0.15, 0.2) is 42.5 Å². The van der Waals surface area contributed by atoms with E-state index in [1.807, 2.05) is 12.1 Å². The summed E-state index contributed by atoms with van der Waals surface area (Å²) in [5, 5.41) is 35.2. The molecule has 7 nitrogen and oxygen atoms in total. The molecule has 5 N–H and O–H groups in total. The molecule has 0 spiro atoms. The summed E-state index contributed by atoms with van der Waals surface area (Å²) in [6, 6.07) is 10.4. The van der Waals surface area contributed by atoms with Crippen molar-refractivity contribution in [2.75, 3.05) is 11.9 Å². The molecule has 1 amide bonds. The van der Waals surface area contributed by atoms with Crippen LogP contribution in [0.3, 0.4) is 0 Å². The van der Waals surface area contributed by atoms with Crippen LogP contribution >= 0.6 is 0 Å². The molecule has 1 aliphatic heterocycles. The zero-order valence-corrected chi connectivity index (χ0v) is 20.7. The van der Waals surface area contributed by atoms with Gasteiger partial charge in [-0.15, -0.1) is 0 Å². The number of aliphatic hydroxyl groups is 3. The first-order valence-electron chi connectivity index (χ1n) is 12.7. The maximum atomic E-state index is 13.1. The lowest BCUT2D eigenvalue weighted by Gasteiger charge is -2.33. The first-order valence-corrected chi connectivity index (χ1v) is 12.7. The van der Waals surface area contributed by atoms with Gasteiger partial charge >= 0.3 is 6.18 Å². The number of nitrogens with zero attached hydrogens (tertiary/aromatic N) is 1. The molecule has 4 rings (SSSR count). The molecule has 1 saturated carbocycles. The van der Waals surface area contributed by atoms with Crippen molar-refractivity contribution < 1.29 is 33.3 Å². The third-order valence-electron chi connectivity index (χ3n) is 7.52. The second kappa shape index (κ2) is 11.4. The van der Waals surface area contributed by atoms with Gasteiger partial charge in [0, 0.05) is 23.8 Å². The molecule has 2 aliphatic rings. The third kappa shape index (κ3) is 6.62. The Kier molecular flexibility index (Phi) is 8.42. The van der Waals surface area contributed by atoms with Crippen LogP contribution in [0.2, 0.25) is 0 Å². The van der Waals surface area contributed by atoms with E-state index in [1.54, 1.807) is 17.0 Å². The molecule has 2 fully saturated rings. The van der Waals surface area contributed by atoms with Gasteiger partial charge in [0.15, 0.2) is 12.6 Å². The van der Waals surface area contributed by atoms with Crippen LogP contribution in [-0.2, 0) is 11.0 Å². The van der Waals surface area contributed by atoms with Crippen LogP contribution < -0.4 is 10.6 Å². The number of aliphatic hydroxyl groups excluding tert-OH is 2. The average molecular weight is 522 g/mol. The van der Waals surface area contributed by atoms with Crippen molar-refractivity contribution in [1.29, 1.82) is 0 Å². The van der Waals surface area contributed by atoms with Crippen molar-refractivity contribution in [1.82, 2.24) is 10.2 Å². The highest BCUT2D eigenvalue weighted by Crippen LogP contribution is 2.35. The summed E-state index contributed by atoms with van der Waals surface area (Å²) in [4.78, 5) is 14.7. The quantitative estimate of drug-likeness (QED) is 0.353. The Bertz CT molecular complexity index is 1070. The van der Waals surface area contributed by atoms with Gasteiger partial charge in [-0.3, -0.25) is 4.79 Å². The first kappa shape index (κ1) is 27.4. The van der Waals surface area contributed by atoms with E-state index in [4.69, 9.17) is 0 Å². The maximum absolute atomic E-state index is 13.1. The van der Waals surface area contributed by atoms with Gasteiger partial charge < -0.3 is 26.0 Å². The van der Waals surface area contributed by atoms with E-state index in [1.165, 1.54) is 19.1 Å². The number of carbonyl (C=O) groups is 1. The largest absolute Gasteiger partial charge is 0.416 e. The van der Waals surface area contributed by atoms with Crippen molar-refractivity contribution in [3.63, 3.8) is 0 Å². The van der Waals surface area contributed by atoms with E-state index in [9.17, 15) is 33.3 Å². The lowest BCUT2D eigenvalue weighted by molar-refractivity contribution is -0.138. The predicted molar refractivity (Wildman–Crippen MR) is 132 cm³/mol. The van der Waals surface area contributed by atoms with E-state index in [2.05, 4.69) is 10.6 Å². The highest BCUT2D eigenvalue weighted by molar-refractivity contribution is 5.82. The van der Waals surface area contributed by atoms with Gasteiger partial charge in [0.1, 0.15) is 0 Å². The topological polar surface area (TPSA) is 105 Å². The Morgan fingerprint density at radius 2 is 1.68 bits per heavy atom. The Balaban J connectivity index is 1.29. The summed E-state index contributed by atoms with van der Waals surface area (Å²) in [7, 11) is 0. The van der Waals surface area contributed by atoms with E-state index < -0.39 is 30.4 Å². The minimum Gasteiger partial charge on any atom is -0.364 e. The van der Waals surface area contributed by atoms with Gasteiger partial charge in [-0.1, -0.05) is 24.3 Å². The zero-order valence-electron chi connectivity index (χ0n) is 20.7. The molecule has 1 saturated heterocycles. The molecule has 37 heavy (non-hydrogen) atoms. The third-order valence-corrected chi connectivity index (χ3v) is 7.52. The van der Waals surface area contributed by atoms with Crippen LogP contribution in [0.5, 0.6) is 0 Å². The number of aryl methyl sites for hydroxylation is 1. The summed E-state index contributed by atoms with van der Waals surface area (Å²) in [5.41, 5.74) is 1.28. The van der Waals surface area contributed by atoms with Crippen molar-refractivity contribution in [3.8, 4) is 0 Å². The number of halogens is 3. The number of nitrogens with one attached hydrogen (secondary N) is 2. The Morgan fingerprint density at radius 3 is 2.27 bits per heavy atom. The highest BCUT2D eigenvalue weighted by atomic mass is 19.4. The lowest BCUT2D eigenvalue weighted by Crippen LogP contribution is -2.52. The number of hydrogen-bond donors (Lipinski definition) is 5. The second-order valence-electron chi connectivity index (χ2n) is 10.0. The van der Waals surface area contributed by atoms with Crippen molar-refractivity contribution >= 4 is 11.6 Å². The number of anilines is 1. The van der Waals surface area contributed by atoms with Crippen LogP contribution in [0.1, 0.15) is 73.0 Å². The second-order valence-corrected chi connectivity index (χ2v) is 10.0. The summed E-state index contributed by atoms with van der Waals surface area (Å²) < 4.78 is 39.1. The Labute approximate surface area is 214 Å². The first-order chi connectivity index (χ1) is 17.5. The fourth-order valence-electron chi connectivity index (χ4n) is 5.48. The normalized spacial score (nSPS) is 23.7. The summed E-state index contributed by atoms with van der Waals surface area (Å²) >= 11 is 0. The van der Waals surface area contributed by atoms with Crippen LogP contribution in [0, 0.1) is 6.92 Å². The predicted octanol–water partition coefficient (Wildman–Crippen LogP) is 3.99. The van der Waals surface area contributed by atoms with Crippen molar-refractivity contribution in [3.05, 3.63) is 64.7 Å². The van der Waals surface area contributed by atoms with Gasteiger partial charge in [-0.2, -0.15) is 13.2 Å². The Hall–Kier alpha value is -2.66. The van der Waals surface area contributed by atoms with Crippen LogP contribution in [-0.4, -0.2) is 51.1 Å². The molecule has 0 bridgehead atoms. The number of hydrogen-bond acceptors (Lipinski definition) is 6. The Morgan fingerprint density at radius 1 is 1.00 bits per heavy atom. The summed E-state index contributed by atoms with van der Waals surface area (Å²) in [6.45, 7) is 1.87. The van der Waals surface area contributed by atoms with Crippen molar-refractivity contribution in [2.45, 2.75) is 82.3 Å². The molecule has 0 radical (unpaired) electrons. The van der Waals surface area contributed by atoms with Crippen LogP contribution in [0.4, 0.5) is 18.9 Å². The summed E-state index contributed by atoms with van der Waals surface area (Å²) in [5.74, 6) is 0.200. The van der Waals surface area contributed by atoms with E-state index in [0.29, 0.717) is 30.1 Å². The average Bonchev–Trinajstić information content (AvgIpc) is 3.34. The molecule has 1 aliphatic carbocycles. The molecule has 2 aromatic rings. The fraction of sp³-hybridized carbons (Fsp3) is 0.519. The number of amides is 1. The minimum atomic E-state index is -4.44. The number of rotatable bonds is 7. The molecular weight excluding hydrogens is 487 g/mol. The van der Waals surface area contributed by atoms with E-state index >= 15 is 0 Å². The van der Waals surface area contributed by atoms with Gasteiger partial charge in [-0.05, 0) is 80.7 Å². The standard InChI is InChI=1S/C27H34F3N3O4/c1-16-15-21(12-13-22(16)27(28,29)30)32-26(37)33-14-2-3-23(33)24(34)31-20-10-8-18(9-11-20)17-4-6-19(7-5-17)25(35)36/h4-7,12-13,15,18,20,23,25-26,32,35-37H,2-3,8-11,14H2,1H3,(H,31,34)/t18?,20?,23-,26?/m1/s1. The van der Waals surface area contributed by atoms with Crippen molar-refractivity contribution in [2.24, 2.45) is 0 Å². The zero-order chi connectivity index (χ0) is 26.7. The van der Waals surface area contributed by atoms with Gasteiger partial charge in [0.05, 0.1) is 11.6 Å². The number of likely N-dealkylation sites (tertiary alicyclic amines) is 1. The number of benzene rings is 2. The maximum Gasteiger partial charge on any atom is 0.416 e. The van der Waals surface area contributed by atoms with Crippen LogP contribution in [0.25, 0.3) is 0 Å². The summed E-state index contributed by atoms with van der Waals surface area (Å²) in [6.07, 6.45) is -2.36. The smallest absolute Gasteiger partial charge is 0.364 e. The molecule has 0 aromatic heterocycles. The van der Waals surface area contributed by atoms with Gasteiger partial charge in [0.25, 0.3) is 0 Å². The van der Waals surface area contributed by atoms with E-state index in [0.717, 1.165) is 43.7 Å². The lowest BCUT2D eigenvalue weighted by atomic mass is 9.81. The SMILES string of the molecule is Cc1cc(NC(O)N2CCC[C@@H]2C(=O)NC2CCC(c3ccc(C(O)O)cc3)CC2)ccc1C(F)(F)F. The molecule has 2 atom stereocenters. The number of alkyl halides is 3. The molecule has 2 aromatic carbocycles. The molecule has 1 heterocycles. The molecule has 10 heteroatoms. The van der Waals surface area contributed by atoms with Gasteiger partial charge in [0.2, 0.25) is 5.91 Å². The van der Waals surface area contributed by atoms with E-state index in [-0.39, 0.29) is 17.5 Å². The molecule has 1 unspecified atom stereocenters. The number of carbonyl (C=O) groups excluding carboxylic acids is 1. The highest BCUT2D eigenvalue weighted by Gasteiger charge is 2.37. The van der Waals surface area contributed by atoms with Gasteiger partial charge in [-0.25, -0.2) is 4.90 Å². The molecular formula is C27H34F3N3O4.